The highest BCUT2D eigenvalue weighted by Gasteiger charge is 2.33. The predicted molar refractivity (Wildman–Crippen MR) is 85.2 cm³/mol. The fourth-order valence-corrected chi connectivity index (χ4v) is 3.86. The first-order valence-electron chi connectivity index (χ1n) is 8.67. The van der Waals surface area contributed by atoms with Crippen molar-refractivity contribution >= 4 is 5.97 Å². The van der Waals surface area contributed by atoms with Crippen LogP contribution in [0, 0.1) is 11.8 Å². The van der Waals surface area contributed by atoms with Gasteiger partial charge in [-0.15, -0.1) is 0 Å². The summed E-state index contributed by atoms with van der Waals surface area (Å²) >= 11 is 0. The number of nitrogens with zero attached hydrogens (tertiary/aromatic N) is 1. The Morgan fingerprint density at radius 3 is 2.33 bits per heavy atom. The molecule has 2 fully saturated rings. The Hall–Kier alpha value is -0.610. The number of likely N-dealkylation sites (tertiary alicyclic amines) is 1. The Labute approximate surface area is 129 Å². The molecule has 0 bridgehead atoms. The SMILES string of the molecule is COC(=O)C(CNC1CCCC1)C1CCN(C(C)C)CC1. The molecule has 1 atom stereocenters. The number of carbonyl (C=O) groups excluding carboxylic acids is 1. The lowest BCUT2D eigenvalue weighted by atomic mass is 9.83. The Bertz CT molecular complexity index is 319. The summed E-state index contributed by atoms with van der Waals surface area (Å²) in [6.07, 6.45) is 7.41. The molecule has 0 spiro atoms. The van der Waals surface area contributed by atoms with Crippen LogP contribution in [0.5, 0.6) is 0 Å². The number of ether oxygens (including phenoxy) is 1. The minimum absolute atomic E-state index is 0.0245. The Morgan fingerprint density at radius 2 is 1.81 bits per heavy atom. The number of hydrogen-bond acceptors (Lipinski definition) is 4. The normalized spacial score (nSPS) is 23.6. The second-order valence-electron chi connectivity index (χ2n) is 6.99. The number of piperidine rings is 1. The number of methoxy groups -OCH3 is 1. The van der Waals surface area contributed by atoms with Crippen molar-refractivity contribution in [2.24, 2.45) is 11.8 Å². The van der Waals surface area contributed by atoms with Gasteiger partial charge in [-0.1, -0.05) is 12.8 Å². The van der Waals surface area contributed by atoms with Crippen LogP contribution in [-0.4, -0.2) is 49.7 Å². The molecule has 0 aromatic rings. The number of nitrogens with one attached hydrogen (secondary N) is 1. The third-order valence-electron chi connectivity index (χ3n) is 5.36. The monoisotopic (exact) mass is 296 g/mol. The molecule has 1 saturated carbocycles. The highest BCUT2D eigenvalue weighted by atomic mass is 16.5. The summed E-state index contributed by atoms with van der Waals surface area (Å²) in [7, 11) is 1.52. The number of rotatable bonds is 6. The second kappa shape index (κ2) is 8.14. The summed E-state index contributed by atoms with van der Waals surface area (Å²) in [6.45, 7) is 7.52. The second-order valence-corrected chi connectivity index (χ2v) is 6.99. The van der Waals surface area contributed by atoms with E-state index >= 15 is 0 Å². The first kappa shape index (κ1) is 16.8. The van der Waals surface area contributed by atoms with Gasteiger partial charge in [-0.25, -0.2) is 0 Å². The van der Waals surface area contributed by atoms with Crippen LogP contribution in [0.15, 0.2) is 0 Å². The Morgan fingerprint density at radius 1 is 1.19 bits per heavy atom. The topological polar surface area (TPSA) is 41.6 Å². The van der Waals surface area contributed by atoms with Crippen molar-refractivity contribution in [2.45, 2.75) is 64.5 Å². The zero-order valence-corrected chi connectivity index (χ0v) is 13.9. The Balaban J connectivity index is 1.85. The first-order chi connectivity index (χ1) is 10.1. The molecule has 1 saturated heterocycles. The average Bonchev–Trinajstić information content (AvgIpc) is 3.01. The van der Waals surface area contributed by atoms with E-state index in [9.17, 15) is 4.79 Å². The van der Waals surface area contributed by atoms with E-state index in [1.807, 2.05) is 0 Å². The smallest absolute Gasteiger partial charge is 0.310 e. The summed E-state index contributed by atoms with van der Waals surface area (Å²) in [5.41, 5.74) is 0. The van der Waals surface area contributed by atoms with Gasteiger partial charge in [-0.3, -0.25) is 4.79 Å². The van der Waals surface area contributed by atoms with Gasteiger partial charge in [0, 0.05) is 18.6 Å². The average molecular weight is 296 g/mol. The predicted octanol–water partition coefficient (Wildman–Crippen LogP) is 2.43. The maximum absolute atomic E-state index is 12.2. The van der Waals surface area contributed by atoms with E-state index in [4.69, 9.17) is 4.74 Å². The fourth-order valence-electron chi connectivity index (χ4n) is 3.86. The number of hydrogen-bond donors (Lipinski definition) is 1. The fraction of sp³-hybridized carbons (Fsp3) is 0.941. The van der Waals surface area contributed by atoms with Crippen molar-refractivity contribution in [3.63, 3.8) is 0 Å². The summed E-state index contributed by atoms with van der Waals surface area (Å²) in [6, 6.07) is 1.23. The lowest BCUT2D eigenvalue weighted by Gasteiger charge is -2.37. The minimum Gasteiger partial charge on any atom is -0.469 e. The summed E-state index contributed by atoms with van der Waals surface area (Å²) in [4.78, 5) is 14.7. The van der Waals surface area contributed by atoms with Gasteiger partial charge in [-0.05, 0) is 58.5 Å². The van der Waals surface area contributed by atoms with E-state index in [1.165, 1.54) is 32.8 Å². The zero-order valence-electron chi connectivity index (χ0n) is 13.9. The van der Waals surface area contributed by atoms with Gasteiger partial charge in [0.2, 0.25) is 0 Å². The largest absolute Gasteiger partial charge is 0.469 e. The molecular weight excluding hydrogens is 264 g/mol. The zero-order chi connectivity index (χ0) is 15.2. The highest BCUT2D eigenvalue weighted by molar-refractivity contribution is 5.73. The molecule has 0 aromatic carbocycles. The molecule has 4 nitrogen and oxygen atoms in total. The maximum atomic E-state index is 12.2. The maximum Gasteiger partial charge on any atom is 0.310 e. The van der Waals surface area contributed by atoms with Gasteiger partial charge in [0.1, 0.15) is 0 Å². The van der Waals surface area contributed by atoms with Crippen LogP contribution in [0.2, 0.25) is 0 Å². The van der Waals surface area contributed by atoms with Crippen LogP contribution in [0.3, 0.4) is 0 Å². The first-order valence-corrected chi connectivity index (χ1v) is 8.67. The van der Waals surface area contributed by atoms with Gasteiger partial charge in [-0.2, -0.15) is 0 Å². The molecule has 1 aliphatic carbocycles. The molecule has 1 N–H and O–H groups in total. The number of esters is 1. The van der Waals surface area contributed by atoms with Gasteiger partial charge >= 0.3 is 5.97 Å². The molecule has 0 aromatic heterocycles. The van der Waals surface area contributed by atoms with Crippen molar-refractivity contribution in [1.29, 1.82) is 0 Å². The van der Waals surface area contributed by atoms with E-state index in [-0.39, 0.29) is 11.9 Å². The van der Waals surface area contributed by atoms with Gasteiger partial charge in [0.25, 0.3) is 0 Å². The molecule has 1 aliphatic heterocycles. The summed E-state index contributed by atoms with van der Waals surface area (Å²) in [5, 5.41) is 3.61. The molecule has 1 heterocycles. The van der Waals surface area contributed by atoms with Crippen molar-refractivity contribution in [1.82, 2.24) is 10.2 Å². The quantitative estimate of drug-likeness (QED) is 0.764. The van der Waals surface area contributed by atoms with Crippen LogP contribution < -0.4 is 5.32 Å². The van der Waals surface area contributed by atoms with Crippen molar-refractivity contribution in [2.75, 3.05) is 26.7 Å². The minimum atomic E-state index is -0.0245. The van der Waals surface area contributed by atoms with Crippen LogP contribution in [-0.2, 0) is 9.53 Å². The lowest BCUT2D eigenvalue weighted by Crippen LogP contribution is -2.45. The van der Waals surface area contributed by atoms with Crippen LogP contribution in [0.25, 0.3) is 0 Å². The molecule has 1 unspecified atom stereocenters. The molecule has 4 heteroatoms. The molecule has 2 aliphatic rings. The van der Waals surface area contributed by atoms with E-state index < -0.39 is 0 Å². The van der Waals surface area contributed by atoms with E-state index in [1.54, 1.807) is 0 Å². The molecular formula is C17H32N2O2. The van der Waals surface area contributed by atoms with E-state index in [0.717, 1.165) is 32.5 Å². The standard InChI is InChI=1S/C17H32N2O2/c1-13(2)19-10-8-14(9-11-19)16(17(20)21-3)12-18-15-6-4-5-7-15/h13-16,18H,4-12H2,1-3H3. The molecule has 2 rings (SSSR count). The van der Waals surface area contributed by atoms with E-state index in [0.29, 0.717) is 18.0 Å². The summed E-state index contributed by atoms with van der Waals surface area (Å²) < 4.78 is 5.06. The van der Waals surface area contributed by atoms with Gasteiger partial charge < -0.3 is 15.0 Å². The third-order valence-corrected chi connectivity index (χ3v) is 5.36. The van der Waals surface area contributed by atoms with E-state index in [2.05, 4.69) is 24.1 Å². The third kappa shape index (κ3) is 4.68. The molecule has 0 amide bonds. The van der Waals surface area contributed by atoms with Gasteiger partial charge in [0.05, 0.1) is 13.0 Å². The highest BCUT2D eigenvalue weighted by Crippen LogP contribution is 2.27. The summed E-state index contributed by atoms with van der Waals surface area (Å²) in [5.74, 6) is 0.481. The molecule has 21 heavy (non-hydrogen) atoms. The number of carbonyl (C=O) groups is 1. The van der Waals surface area contributed by atoms with Crippen molar-refractivity contribution in [3.05, 3.63) is 0 Å². The molecule has 122 valence electrons. The van der Waals surface area contributed by atoms with Crippen molar-refractivity contribution < 1.29 is 9.53 Å². The molecule has 0 radical (unpaired) electrons. The lowest BCUT2D eigenvalue weighted by molar-refractivity contribution is -0.148. The van der Waals surface area contributed by atoms with Crippen LogP contribution >= 0.6 is 0 Å². The van der Waals surface area contributed by atoms with Crippen molar-refractivity contribution in [3.8, 4) is 0 Å². The van der Waals surface area contributed by atoms with Crippen LogP contribution in [0.4, 0.5) is 0 Å². The van der Waals surface area contributed by atoms with Crippen LogP contribution in [0.1, 0.15) is 52.4 Å². The van der Waals surface area contributed by atoms with Gasteiger partial charge in [0.15, 0.2) is 0 Å². The Kier molecular flexibility index (Phi) is 6.49.